The van der Waals surface area contributed by atoms with Crippen molar-refractivity contribution in [2.24, 2.45) is 0 Å². The van der Waals surface area contributed by atoms with E-state index in [1.807, 2.05) is 0 Å². The van der Waals surface area contributed by atoms with E-state index in [9.17, 15) is 0 Å². The first-order chi connectivity index (χ1) is 6.33. The lowest BCUT2D eigenvalue weighted by Crippen LogP contribution is -1.93. The van der Waals surface area contributed by atoms with Crippen LogP contribution in [0.1, 0.15) is 0 Å². The quantitative estimate of drug-likeness (QED) is 0.739. The van der Waals surface area contributed by atoms with Crippen LogP contribution in [0.25, 0.3) is 17.4 Å². The van der Waals surface area contributed by atoms with Gasteiger partial charge in [-0.05, 0) is 0 Å². The number of fused-ring (bicyclic) bond motifs is 1. The molecule has 0 aliphatic heterocycles. The zero-order chi connectivity index (χ0) is 9.26. The summed E-state index contributed by atoms with van der Waals surface area (Å²) in [4.78, 5) is 11.9. The summed E-state index contributed by atoms with van der Waals surface area (Å²) >= 11 is 5.43. The molecule has 0 aromatic carbocycles. The molecule has 13 heavy (non-hydrogen) atoms. The van der Waals surface area contributed by atoms with Crippen molar-refractivity contribution in [1.82, 2.24) is 19.5 Å². The Morgan fingerprint density at radius 1 is 1.38 bits per heavy atom. The van der Waals surface area contributed by atoms with Crippen LogP contribution in [0.15, 0.2) is 18.2 Å². The van der Waals surface area contributed by atoms with Crippen LogP contribution in [0.5, 0.6) is 0 Å². The summed E-state index contributed by atoms with van der Waals surface area (Å²) in [6.45, 7) is 0. The van der Waals surface area contributed by atoms with Gasteiger partial charge in [-0.15, -0.1) is 0 Å². The Morgan fingerprint density at radius 2 is 2.23 bits per heavy atom. The van der Waals surface area contributed by atoms with Crippen molar-refractivity contribution >= 4 is 34.8 Å². The number of anilines is 1. The molecule has 2 aromatic rings. The van der Waals surface area contributed by atoms with Crippen LogP contribution in [0.3, 0.4) is 0 Å². The minimum Gasteiger partial charge on any atom is -0.382 e. The molecule has 0 atom stereocenters. The number of rotatable bonds is 1. The lowest BCUT2D eigenvalue weighted by molar-refractivity contribution is 1.13. The van der Waals surface area contributed by atoms with E-state index >= 15 is 0 Å². The van der Waals surface area contributed by atoms with E-state index in [2.05, 4.69) is 15.0 Å². The van der Waals surface area contributed by atoms with Crippen LogP contribution in [0.2, 0.25) is 0 Å². The predicted molar refractivity (Wildman–Crippen MR) is 50.9 cm³/mol. The van der Waals surface area contributed by atoms with E-state index in [4.69, 9.17) is 17.3 Å². The van der Waals surface area contributed by atoms with Gasteiger partial charge >= 0.3 is 0 Å². The van der Waals surface area contributed by atoms with Crippen molar-refractivity contribution in [3.05, 3.63) is 18.2 Å². The molecular weight excluding hydrogens is 190 g/mol. The highest BCUT2D eigenvalue weighted by Gasteiger charge is 2.04. The second kappa shape index (κ2) is 3.02. The number of aromatic nitrogens is 4. The van der Waals surface area contributed by atoms with Gasteiger partial charge in [0.2, 0.25) is 0 Å². The smallest absolute Gasteiger partial charge is 0.169 e. The van der Waals surface area contributed by atoms with Crippen molar-refractivity contribution in [2.75, 3.05) is 5.73 Å². The molecule has 0 radical (unpaired) electrons. The maximum atomic E-state index is 5.58. The van der Waals surface area contributed by atoms with Gasteiger partial charge in [0.1, 0.15) is 12.7 Å². The Bertz CT molecular complexity index is 461. The number of hydrogen-bond acceptors (Lipinski definition) is 4. The molecule has 0 aliphatic rings. The maximum absolute atomic E-state index is 5.58. The Balaban J connectivity index is 2.75. The summed E-state index contributed by atoms with van der Waals surface area (Å²) in [7, 11) is 0. The molecule has 66 valence electrons. The monoisotopic (exact) mass is 195 g/mol. The molecule has 2 aromatic heterocycles. The summed E-state index contributed by atoms with van der Waals surface area (Å²) in [5.74, 6) is 0.367. The summed E-state index contributed by atoms with van der Waals surface area (Å²) < 4.78 is 1.67. The number of nitrogens with zero attached hydrogens (tertiary/aromatic N) is 4. The maximum Gasteiger partial charge on any atom is 0.169 e. The minimum atomic E-state index is 0.367. The molecule has 2 N–H and O–H groups in total. The van der Waals surface area contributed by atoms with Crippen LogP contribution < -0.4 is 5.73 Å². The van der Waals surface area contributed by atoms with E-state index in [-0.39, 0.29) is 0 Å². The third kappa shape index (κ3) is 1.23. The predicted octanol–water partition coefficient (Wildman–Crippen LogP) is 1.08. The topological polar surface area (TPSA) is 69.6 Å². The van der Waals surface area contributed by atoms with Crippen LogP contribution in [-0.4, -0.2) is 19.5 Å². The molecule has 5 nitrogen and oxygen atoms in total. The molecule has 2 rings (SSSR count). The fourth-order valence-corrected chi connectivity index (χ4v) is 1.16. The van der Waals surface area contributed by atoms with Crippen molar-refractivity contribution in [3.8, 4) is 0 Å². The van der Waals surface area contributed by atoms with Crippen LogP contribution >= 0.6 is 11.6 Å². The summed E-state index contributed by atoms with van der Waals surface area (Å²) in [6, 6.07) is 0. The molecular formula is C7H6ClN5. The van der Waals surface area contributed by atoms with Crippen molar-refractivity contribution < 1.29 is 0 Å². The number of nitrogen functional groups attached to an aromatic ring is 1. The highest BCUT2D eigenvalue weighted by atomic mass is 35.5. The molecule has 0 aliphatic carbocycles. The number of imidazole rings is 1. The molecule has 2 heterocycles. The van der Waals surface area contributed by atoms with E-state index < -0.39 is 0 Å². The molecule has 0 bridgehead atoms. The van der Waals surface area contributed by atoms with Gasteiger partial charge in [0.25, 0.3) is 0 Å². The second-order valence-electron chi connectivity index (χ2n) is 2.36. The minimum absolute atomic E-state index is 0.367. The van der Waals surface area contributed by atoms with Crippen LogP contribution in [0, 0.1) is 0 Å². The highest BCUT2D eigenvalue weighted by molar-refractivity contribution is 6.26. The summed E-state index contributed by atoms with van der Waals surface area (Å²) in [6.07, 6.45) is 4.59. The first-order valence-electron chi connectivity index (χ1n) is 3.53. The van der Waals surface area contributed by atoms with Gasteiger partial charge in [-0.2, -0.15) is 0 Å². The average Bonchev–Trinajstić information content (AvgIpc) is 2.51. The highest BCUT2D eigenvalue weighted by Crippen LogP contribution is 2.14. The Labute approximate surface area is 78.9 Å². The third-order valence-electron chi connectivity index (χ3n) is 1.60. The Morgan fingerprint density at radius 3 is 3.00 bits per heavy atom. The average molecular weight is 196 g/mol. The van der Waals surface area contributed by atoms with Gasteiger partial charge in [0.05, 0.1) is 0 Å². The lowest BCUT2D eigenvalue weighted by Gasteiger charge is -1.94. The molecule has 0 spiro atoms. The summed E-state index contributed by atoms with van der Waals surface area (Å²) in [5, 5.41) is 0. The molecule has 6 heteroatoms. The van der Waals surface area contributed by atoms with Gasteiger partial charge in [0.15, 0.2) is 17.0 Å². The summed E-state index contributed by atoms with van der Waals surface area (Å²) in [5.41, 5.74) is 8.18. The van der Waals surface area contributed by atoms with Crippen molar-refractivity contribution in [2.45, 2.75) is 0 Å². The molecule has 0 fully saturated rings. The van der Waals surface area contributed by atoms with Gasteiger partial charge in [0, 0.05) is 11.7 Å². The first kappa shape index (κ1) is 8.00. The standard InChI is InChI=1S/C7H6ClN5/c8-1-2-13-4-12-5-6(9)10-3-11-7(5)13/h1-4H,(H2,9,10,11)/b2-1-. The van der Waals surface area contributed by atoms with E-state index in [1.165, 1.54) is 11.9 Å². The van der Waals surface area contributed by atoms with Crippen molar-refractivity contribution in [1.29, 1.82) is 0 Å². The van der Waals surface area contributed by atoms with Gasteiger partial charge in [-0.3, -0.25) is 4.57 Å². The van der Waals surface area contributed by atoms with Crippen LogP contribution in [-0.2, 0) is 0 Å². The van der Waals surface area contributed by atoms with E-state index in [0.29, 0.717) is 17.0 Å². The van der Waals surface area contributed by atoms with E-state index in [0.717, 1.165) is 0 Å². The number of hydrogen-bond donors (Lipinski definition) is 1. The molecule has 0 saturated heterocycles. The Hall–Kier alpha value is -1.62. The van der Waals surface area contributed by atoms with E-state index in [1.54, 1.807) is 17.1 Å². The van der Waals surface area contributed by atoms with Gasteiger partial charge in [-0.25, -0.2) is 15.0 Å². The largest absolute Gasteiger partial charge is 0.382 e. The van der Waals surface area contributed by atoms with Gasteiger partial charge in [-0.1, -0.05) is 11.6 Å². The normalized spacial score (nSPS) is 11.5. The number of nitrogens with two attached hydrogens (primary N) is 1. The van der Waals surface area contributed by atoms with Crippen LogP contribution in [0.4, 0.5) is 5.82 Å². The SMILES string of the molecule is Nc1ncnc2c1ncn2/C=C\Cl. The zero-order valence-corrected chi connectivity index (χ0v) is 7.31. The molecule has 0 saturated carbocycles. The second-order valence-corrected chi connectivity index (χ2v) is 2.61. The fourth-order valence-electron chi connectivity index (χ4n) is 1.04. The lowest BCUT2D eigenvalue weighted by atomic mass is 10.5. The zero-order valence-electron chi connectivity index (χ0n) is 6.55. The number of halogens is 1. The fraction of sp³-hybridized carbons (Fsp3) is 0. The molecule has 0 unspecified atom stereocenters. The first-order valence-corrected chi connectivity index (χ1v) is 3.96. The third-order valence-corrected chi connectivity index (χ3v) is 1.72. The van der Waals surface area contributed by atoms with Crippen molar-refractivity contribution in [3.63, 3.8) is 0 Å². The van der Waals surface area contributed by atoms with Gasteiger partial charge < -0.3 is 5.73 Å². The Kier molecular flexibility index (Phi) is 1.86. The molecule has 0 amide bonds.